The third-order valence-electron chi connectivity index (χ3n) is 3.43. The van der Waals surface area contributed by atoms with Gasteiger partial charge in [-0.2, -0.15) is 0 Å². The molecule has 1 aliphatic rings. The molecule has 3 nitrogen and oxygen atoms in total. The van der Waals surface area contributed by atoms with Crippen molar-refractivity contribution in [2.24, 2.45) is 5.92 Å². The molecule has 1 aliphatic heterocycles. The van der Waals surface area contributed by atoms with Crippen molar-refractivity contribution in [2.45, 2.75) is 12.8 Å². The van der Waals surface area contributed by atoms with Crippen LogP contribution in [0.2, 0.25) is 5.02 Å². The normalized spacial score (nSPS) is 18.9. The second kappa shape index (κ2) is 6.21. The highest BCUT2D eigenvalue weighted by atomic mass is 35.5. The molecule has 1 heterocycles. The van der Waals surface area contributed by atoms with Crippen molar-refractivity contribution >= 4 is 17.5 Å². The average molecular weight is 267 g/mol. The Labute approximate surface area is 113 Å². The van der Waals surface area contributed by atoms with E-state index in [1.165, 1.54) is 5.56 Å². The summed E-state index contributed by atoms with van der Waals surface area (Å²) in [7, 11) is 1.89. The summed E-state index contributed by atoms with van der Waals surface area (Å²) in [5.41, 5.74) is 1.21. The largest absolute Gasteiger partial charge is 0.345 e. The number of hydrogen-bond donors (Lipinski definition) is 1. The maximum atomic E-state index is 12.1. The van der Waals surface area contributed by atoms with E-state index >= 15 is 0 Å². The van der Waals surface area contributed by atoms with Crippen molar-refractivity contribution < 1.29 is 4.79 Å². The van der Waals surface area contributed by atoms with Gasteiger partial charge in [-0.15, -0.1) is 0 Å². The first-order valence-corrected chi connectivity index (χ1v) is 6.75. The summed E-state index contributed by atoms with van der Waals surface area (Å²) in [6, 6.07) is 7.80. The van der Waals surface area contributed by atoms with E-state index in [9.17, 15) is 4.79 Å². The van der Waals surface area contributed by atoms with Crippen LogP contribution in [0.1, 0.15) is 12.0 Å². The summed E-state index contributed by atoms with van der Waals surface area (Å²) in [4.78, 5) is 13.9. The number of nitrogens with one attached hydrogen (secondary N) is 1. The minimum absolute atomic E-state index is 0.167. The molecule has 0 saturated carbocycles. The van der Waals surface area contributed by atoms with E-state index in [2.05, 4.69) is 5.32 Å². The van der Waals surface area contributed by atoms with Crippen molar-refractivity contribution in [1.82, 2.24) is 10.2 Å². The van der Waals surface area contributed by atoms with Gasteiger partial charge in [-0.25, -0.2) is 0 Å². The Morgan fingerprint density at radius 3 is 2.78 bits per heavy atom. The van der Waals surface area contributed by atoms with Crippen LogP contribution in [-0.2, 0) is 11.2 Å². The van der Waals surface area contributed by atoms with Gasteiger partial charge in [0, 0.05) is 25.2 Å². The van der Waals surface area contributed by atoms with Crippen molar-refractivity contribution in [3.8, 4) is 0 Å². The quantitative estimate of drug-likeness (QED) is 0.904. The number of rotatable bonds is 4. The van der Waals surface area contributed by atoms with Crippen LogP contribution in [0.5, 0.6) is 0 Å². The molecule has 0 radical (unpaired) electrons. The van der Waals surface area contributed by atoms with Crippen molar-refractivity contribution in [3.63, 3.8) is 0 Å². The number of amides is 1. The molecule has 1 N–H and O–H groups in total. The minimum Gasteiger partial charge on any atom is -0.345 e. The number of halogens is 1. The zero-order valence-corrected chi connectivity index (χ0v) is 11.4. The molecular weight excluding hydrogens is 248 g/mol. The summed E-state index contributed by atoms with van der Waals surface area (Å²) in [6.07, 6.45) is 1.84. The SMILES string of the molecule is CN(CCc1ccc(Cl)cc1)C(=O)C1CCNC1. The van der Waals surface area contributed by atoms with Crippen LogP contribution in [0.3, 0.4) is 0 Å². The number of carbonyl (C=O) groups excluding carboxylic acids is 1. The Balaban J connectivity index is 1.82. The molecule has 0 aliphatic carbocycles. The summed E-state index contributed by atoms with van der Waals surface area (Å²) in [5, 5.41) is 3.98. The molecule has 2 rings (SSSR count). The van der Waals surface area contributed by atoms with Gasteiger partial charge in [0.25, 0.3) is 0 Å². The zero-order valence-electron chi connectivity index (χ0n) is 10.7. The van der Waals surface area contributed by atoms with Crippen LogP contribution in [0.15, 0.2) is 24.3 Å². The van der Waals surface area contributed by atoms with Gasteiger partial charge in [0.1, 0.15) is 0 Å². The van der Waals surface area contributed by atoms with Crippen LogP contribution < -0.4 is 5.32 Å². The molecule has 0 bridgehead atoms. The molecule has 1 aromatic rings. The monoisotopic (exact) mass is 266 g/mol. The molecule has 1 fully saturated rings. The van der Waals surface area contributed by atoms with Crippen LogP contribution in [-0.4, -0.2) is 37.5 Å². The molecule has 98 valence electrons. The maximum Gasteiger partial charge on any atom is 0.226 e. The number of benzene rings is 1. The summed E-state index contributed by atoms with van der Waals surface area (Å²) in [5.74, 6) is 0.425. The first kappa shape index (κ1) is 13.4. The lowest BCUT2D eigenvalue weighted by atomic mass is 10.1. The zero-order chi connectivity index (χ0) is 13.0. The van der Waals surface area contributed by atoms with Crippen LogP contribution in [0, 0.1) is 5.92 Å². The summed E-state index contributed by atoms with van der Waals surface area (Å²) < 4.78 is 0. The average Bonchev–Trinajstić information content (AvgIpc) is 2.90. The fourth-order valence-corrected chi connectivity index (χ4v) is 2.36. The third-order valence-corrected chi connectivity index (χ3v) is 3.69. The van der Waals surface area contributed by atoms with E-state index in [1.54, 1.807) is 0 Å². The number of carbonyl (C=O) groups is 1. The first-order valence-electron chi connectivity index (χ1n) is 6.37. The molecule has 1 unspecified atom stereocenters. The van der Waals surface area contributed by atoms with Gasteiger partial charge in [-0.3, -0.25) is 4.79 Å². The standard InChI is InChI=1S/C14H19ClN2O/c1-17(14(18)12-6-8-16-10-12)9-7-11-2-4-13(15)5-3-11/h2-5,12,16H,6-10H2,1H3. The number of nitrogens with zero attached hydrogens (tertiary/aromatic N) is 1. The van der Waals surface area contributed by atoms with E-state index < -0.39 is 0 Å². The van der Waals surface area contributed by atoms with Crippen LogP contribution in [0.4, 0.5) is 0 Å². The number of hydrogen-bond acceptors (Lipinski definition) is 2. The van der Waals surface area contributed by atoms with Gasteiger partial charge < -0.3 is 10.2 Å². The van der Waals surface area contributed by atoms with E-state index in [-0.39, 0.29) is 11.8 Å². The lowest BCUT2D eigenvalue weighted by molar-refractivity contribution is -0.133. The number of likely N-dealkylation sites (N-methyl/N-ethyl adjacent to an activating group) is 1. The second-order valence-electron chi connectivity index (χ2n) is 4.83. The maximum absolute atomic E-state index is 12.1. The van der Waals surface area contributed by atoms with E-state index in [0.29, 0.717) is 0 Å². The van der Waals surface area contributed by atoms with Gasteiger partial charge >= 0.3 is 0 Å². The Morgan fingerprint density at radius 2 is 2.17 bits per heavy atom. The van der Waals surface area contributed by atoms with Gasteiger partial charge in [0.2, 0.25) is 5.91 Å². The lowest BCUT2D eigenvalue weighted by Crippen LogP contribution is -2.35. The van der Waals surface area contributed by atoms with Gasteiger partial charge in [-0.05, 0) is 37.1 Å². The second-order valence-corrected chi connectivity index (χ2v) is 5.26. The van der Waals surface area contributed by atoms with Crippen LogP contribution in [0.25, 0.3) is 0 Å². The topological polar surface area (TPSA) is 32.3 Å². The Hall–Kier alpha value is -1.06. The predicted molar refractivity (Wildman–Crippen MR) is 73.8 cm³/mol. The summed E-state index contributed by atoms with van der Waals surface area (Å²) in [6.45, 7) is 2.54. The first-order chi connectivity index (χ1) is 8.66. The minimum atomic E-state index is 0.167. The summed E-state index contributed by atoms with van der Waals surface area (Å²) >= 11 is 5.84. The van der Waals surface area contributed by atoms with Gasteiger partial charge in [0.15, 0.2) is 0 Å². The molecule has 4 heteroatoms. The lowest BCUT2D eigenvalue weighted by Gasteiger charge is -2.20. The van der Waals surface area contributed by atoms with E-state index in [0.717, 1.165) is 37.5 Å². The van der Waals surface area contributed by atoms with Crippen molar-refractivity contribution in [3.05, 3.63) is 34.9 Å². The Morgan fingerprint density at radius 1 is 1.44 bits per heavy atom. The Kier molecular flexibility index (Phi) is 4.61. The molecular formula is C14H19ClN2O. The molecule has 0 aromatic heterocycles. The highest BCUT2D eigenvalue weighted by Gasteiger charge is 2.24. The molecule has 1 saturated heterocycles. The van der Waals surface area contributed by atoms with Gasteiger partial charge in [-0.1, -0.05) is 23.7 Å². The third kappa shape index (κ3) is 3.47. The van der Waals surface area contributed by atoms with Gasteiger partial charge in [0.05, 0.1) is 5.92 Å². The van der Waals surface area contributed by atoms with Crippen molar-refractivity contribution in [1.29, 1.82) is 0 Å². The fourth-order valence-electron chi connectivity index (χ4n) is 2.24. The highest BCUT2D eigenvalue weighted by molar-refractivity contribution is 6.30. The predicted octanol–water partition coefficient (Wildman–Crippen LogP) is 1.95. The molecule has 1 amide bonds. The molecule has 18 heavy (non-hydrogen) atoms. The van der Waals surface area contributed by atoms with E-state index in [4.69, 9.17) is 11.6 Å². The molecule has 1 aromatic carbocycles. The molecule has 1 atom stereocenters. The van der Waals surface area contributed by atoms with Crippen molar-refractivity contribution in [2.75, 3.05) is 26.7 Å². The highest BCUT2D eigenvalue weighted by Crippen LogP contribution is 2.13. The van der Waals surface area contributed by atoms with E-state index in [1.807, 2.05) is 36.2 Å². The van der Waals surface area contributed by atoms with Crippen LogP contribution >= 0.6 is 11.6 Å². The fraction of sp³-hybridized carbons (Fsp3) is 0.500. The smallest absolute Gasteiger partial charge is 0.226 e. The Bertz CT molecular complexity index is 399. The molecule has 0 spiro atoms.